The average molecular weight is 709 g/mol. The van der Waals surface area contributed by atoms with Crippen LogP contribution in [0.1, 0.15) is 47.8 Å². The molecule has 0 aromatic carbocycles. The average Bonchev–Trinajstić information content (AvgIpc) is 3.07. The molecular weight excluding hydrogens is 686 g/mol. The Morgan fingerprint density at radius 1 is 1.21 bits per heavy atom. The maximum absolute atomic E-state index is 13.3. The molecule has 0 saturated carbocycles. The molecule has 182 valence electrons. The van der Waals surface area contributed by atoms with E-state index in [0.717, 1.165) is 38.5 Å². The minimum Gasteiger partial charge on any atom is -0.462 e. The summed E-state index contributed by atoms with van der Waals surface area (Å²) in [7, 11) is 0. The zero-order valence-electron chi connectivity index (χ0n) is 18.0. The highest BCUT2D eigenvalue weighted by Gasteiger charge is 2.30. The number of thiophene rings is 1. The highest BCUT2D eigenvalue weighted by Crippen LogP contribution is 2.32. The molecule has 0 spiro atoms. The minimum absolute atomic E-state index is 0.0200. The Bertz CT molecular complexity index is 1180. The van der Waals surface area contributed by atoms with Crippen LogP contribution < -0.4 is 11.2 Å². The van der Waals surface area contributed by atoms with Crippen molar-refractivity contribution in [2.24, 2.45) is 0 Å². The molecule has 2 aromatic heterocycles. The number of rotatable bonds is 7. The van der Waals surface area contributed by atoms with Crippen molar-refractivity contribution in [2.75, 3.05) is 13.1 Å². The van der Waals surface area contributed by atoms with E-state index < -0.39 is 21.6 Å². The molecule has 3 rings (SSSR count). The van der Waals surface area contributed by atoms with Crippen molar-refractivity contribution in [2.45, 2.75) is 60.7 Å². The van der Waals surface area contributed by atoms with Crippen LogP contribution in [0.3, 0.4) is 0 Å². The number of carbonyl (C=O) groups excluding carboxylic acids is 2. The molecule has 1 aliphatic heterocycles. The Morgan fingerprint density at radius 2 is 1.85 bits per heavy atom. The minimum atomic E-state index is -2.89. The largest absolute Gasteiger partial charge is 0.462 e. The number of halogens is 4. The third kappa shape index (κ3) is 5.94. The summed E-state index contributed by atoms with van der Waals surface area (Å²) in [4.78, 5) is 52.7. The number of ether oxygens (including phenoxy) is 1. The molecule has 2 aromatic rings. The van der Waals surface area contributed by atoms with E-state index in [1.807, 2.05) is 22.6 Å². The lowest BCUT2D eigenvalue weighted by Crippen LogP contribution is -2.41. The molecule has 1 fully saturated rings. The number of amides is 1. The SMILES string of the molecule is CC(=O)OC1CCN(C(=O)c2sc3c(c2C)c(=O)n(CI)c(=O)n3CCCC(F)(F)I)CC1. The number of aromatic nitrogens is 2. The molecular formula is C20H23F2I2N3O5S. The van der Waals surface area contributed by atoms with Crippen LogP contribution in [0.15, 0.2) is 9.59 Å². The highest BCUT2D eigenvalue weighted by molar-refractivity contribution is 14.1. The number of fused-ring (bicyclic) bond motifs is 1. The van der Waals surface area contributed by atoms with Crippen molar-refractivity contribution in [1.29, 1.82) is 0 Å². The molecule has 33 heavy (non-hydrogen) atoms. The second-order valence-corrected chi connectivity index (χ2v) is 11.1. The molecule has 0 radical (unpaired) electrons. The van der Waals surface area contributed by atoms with Crippen LogP contribution in [-0.4, -0.2) is 49.0 Å². The van der Waals surface area contributed by atoms with Gasteiger partial charge in [-0.2, -0.15) is 8.78 Å². The molecule has 0 N–H and O–H groups in total. The summed E-state index contributed by atoms with van der Waals surface area (Å²) < 4.78 is 31.4. The predicted octanol–water partition coefficient (Wildman–Crippen LogP) is 3.90. The third-order valence-corrected chi connectivity index (χ3v) is 8.04. The van der Waals surface area contributed by atoms with Crippen molar-refractivity contribution in [3.63, 3.8) is 0 Å². The number of nitrogens with zero attached hydrogens (tertiary/aromatic N) is 3. The standard InChI is InChI=1S/C20H23F2I2N3O5S/c1-11-14-16(29)27(10-23)19(31)26(7-3-6-20(21,22)24)18(14)33-15(11)17(30)25-8-4-13(5-9-25)32-12(2)28/h13H,3-10H2,1-2H3. The van der Waals surface area contributed by atoms with E-state index in [-0.39, 0.29) is 40.9 Å². The summed E-state index contributed by atoms with van der Waals surface area (Å²) in [6.45, 7) is 3.85. The summed E-state index contributed by atoms with van der Waals surface area (Å²) in [6, 6.07) is 0. The van der Waals surface area contributed by atoms with Crippen LogP contribution in [0.4, 0.5) is 8.78 Å². The maximum atomic E-state index is 13.3. The number of carbonyl (C=O) groups is 2. The molecule has 0 bridgehead atoms. The van der Waals surface area contributed by atoms with Crippen molar-refractivity contribution >= 4 is 78.6 Å². The van der Waals surface area contributed by atoms with Gasteiger partial charge in [0.05, 0.1) is 14.8 Å². The van der Waals surface area contributed by atoms with Gasteiger partial charge in [-0.25, -0.2) is 9.36 Å². The van der Waals surface area contributed by atoms with Crippen molar-refractivity contribution in [3.05, 3.63) is 31.3 Å². The molecule has 0 unspecified atom stereocenters. The van der Waals surface area contributed by atoms with E-state index in [9.17, 15) is 28.0 Å². The number of hydrogen-bond donors (Lipinski definition) is 0. The zero-order chi connectivity index (χ0) is 24.5. The van der Waals surface area contributed by atoms with Crippen LogP contribution in [0.2, 0.25) is 0 Å². The Hall–Kier alpha value is -1.10. The first-order chi connectivity index (χ1) is 15.4. The Kier molecular flexibility index (Phi) is 8.56. The Labute approximate surface area is 219 Å². The number of esters is 1. The molecule has 0 atom stereocenters. The second-order valence-electron chi connectivity index (χ2n) is 7.84. The number of aryl methyl sites for hydroxylation is 2. The van der Waals surface area contributed by atoms with Gasteiger partial charge in [-0.1, -0.05) is 22.6 Å². The van der Waals surface area contributed by atoms with Crippen molar-refractivity contribution in [1.82, 2.24) is 14.0 Å². The fraction of sp³-hybridized carbons (Fsp3) is 0.600. The molecule has 0 aliphatic carbocycles. The first-order valence-corrected chi connectivity index (χ1v) is 13.7. The summed E-state index contributed by atoms with van der Waals surface area (Å²) in [6.07, 6.45) is 0.456. The fourth-order valence-electron chi connectivity index (χ4n) is 3.89. The van der Waals surface area contributed by atoms with Gasteiger partial charge in [0, 0.05) is 45.8 Å². The summed E-state index contributed by atoms with van der Waals surface area (Å²) in [5, 5.41) is 0.274. The molecule has 1 amide bonds. The fourth-order valence-corrected chi connectivity index (χ4v) is 6.16. The van der Waals surface area contributed by atoms with E-state index in [4.69, 9.17) is 4.74 Å². The van der Waals surface area contributed by atoms with Gasteiger partial charge in [-0.15, -0.1) is 11.3 Å². The number of piperidine rings is 1. The lowest BCUT2D eigenvalue weighted by molar-refractivity contribution is -0.148. The Balaban J connectivity index is 1.97. The molecule has 3 heterocycles. The predicted molar refractivity (Wildman–Crippen MR) is 138 cm³/mol. The zero-order valence-corrected chi connectivity index (χ0v) is 23.2. The quantitative estimate of drug-likeness (QED) is 0.248. The summed E-state index contributed by atoms with van der Waals surface area (Å²) in [5.74, 6) is -0.613. The molecule has 1 saturated heterocycles. The number of likely N-dealkylation sites (tertiary alicyclic amines) is 1. The van der Waals surface area contributed by atoms with E-state index in [0.29, 0.717) is 41.2 Å². The highest BCUT2D eigenvalue weighted by atomic mass is 127. The van der Waals surface area contributed by atoms with Gasteiger partial charge in [0.15, 0.2) is 0 Å². The summed E-state index contributed by atoms with van der Waals surface area (Å²) >= 11 is 4.02. The van der Waals surface area contributed by atoms with E-state index in [2.05, 4.69) is 0 Å². The first kappa shape index (κ1) is 26.5. The van der Waals surface area contributed by atoms with Gasteiger partial charge < -0.3 is 9.64 Å². The maximum Gasteiger partial charge on any atom is 0.332 e. The second kappa shape index (κ2) is 10.7. The van der Waals surface area contributed by atoms with Gasteiger partial charge in [0.2, 0.25) is 0 Å². The van der Waals surface area contributed by atoms with Crippen molar-refractivity contribution in [3.8, 4) is 0 Å². The van der Waals surface area contributed by atoms with E-state index >= 15 is 0 Å². The monoisotopic (exact) mass is 709 g/mol. The molecule has 1 aliphatic rings. The van der Waals surface area contributed by atoms with Crippen LogP contribution in [0.25, 0.3) is 10.2 Å². The van der Waals surface area contributed by atoms with Crippen LogP contribution in [-0.2, 0) is 20.6 Å². The van der Waals surface area contributed by atoms with Crippen molar-refractivity contribution < 1.29 is 23.1 Å². The lowest BCUT2D eigenvalue weighted by atomic mass is 10.1. The van der Waals surface area contributed by atoms with Crippen LogP contribution >= 0.6 is 56.5 Å². The van der Waals surface area contributed by atoms with E-state index in [1.165, 1.54) is 11.5 Å². The third-order valence-electron chi connectivity index (χ3n) is 5.51. The van der Waals surface area contributed by atoms with Gasteiger partial charge in [-0.05, 0) is 41.5 Å². The van der Waals surface area contributed by atoms with E-state index in [1.54, 1.807) is 11.8 Å². The molecule has 8 nitrogen and oxygen atoms in total. The van der Waals surface area contributed by atoms with Gasteiger partial charge in [-0.3, -0.25) is 19.0 Å². The normalized spacial score (nSPS) is 15.3. The van der Waals surface area contributed by atoms with Gasteiger partial charge >= 0.3 is 11.7 Å². The first-order valence-electron chi connectivity index (χ1n) is 10.3. The summed E-state index contributed by atoms with van der Waals surface area (Å²) in [5.41, 5.74) is -0.568. The topological polar surface area (TPSA) is 90.6 Å². The molecule has 13 heteroatoms. The van der Waals surface area contributed by atoms with Gasteiger partial charge in [0.25, 0.3) is 15.4 Å². The van der Waals surface area contributed by atoms with Crippen LogP contribution in [0, 0.1) is 6.92 Å². The van der Waals surface area contributed by atoms with Crippen LogP contribution in [0.5, 0.6) is 0 Å². The van der Waals surface area contributed by atoms with Gasteiger partial charge in [0.1, 0.15) is 10.9 Å². The Morgan fingerprint density at radius 3 is 2.39 bits per heavy atom. The number of alkyl halides is 4. The lowest BCUT2D eigenvalue weighted by Gasteiger charge is -2.31. The smallest absolute Gasteiger partial charge is 0.332 e. The number of hydrogen-bond acceptors (Lipinski definition) is 6.